The number of methoxy groups -OCH3 is 1. The van der Waals surface area contributed by atoms with Gasteiger partial charge >= 0.3 is 0 Å². The van der Waals surface area contributed by atoms with Crippen molar-refractivity contribution >= 4 is 17.4 Å². The molecule has 3 aromatic rings. The number of aromatic nitrogens is 2. The van der Waals surface area contributed by atoms with E-state index in [0.29, 0.717) is 12.1 Å². The zero-order chi connectivity index (χ0) is 18.8. The van der Waals surface area contributed by atoms with Crippen LogP contribution < -0.4 is 15.8 Å². The second kappa shape index (κ2) is 6.99. The molecule has 26 heavy (non-hydrogen) atoms. The van der Waals surface area contributed by atoms with Crippen molar-refractivity contribution in [3.8, 4) is 16.9 Å². The number of ether oxygens (including phenoxy) is 1. The highest BCUT2D eigenvalue weighted by Crippen LogP contribution is 2.36. The van der Waals surface area contributed by atoms with E-state index >= 15 is 0 Å². The first-order valence-electron chi connectivity index (χ1n) is 8.06. The summed E-state index contributed by atoms with van der Waals surface area (Å²) in [5, 5.41) is 2.69. The summed E-state index contributed by atoms with van der Waals surface area (Å²) < 4.78 is 34.7. The van der Waals surface area contributed by atoms with E-state index in [-0.39, 0.29) is 28.5 Å². The molecule has 1 amide bonds. The fourth-order valence-electron chi connectivity index (χ4n) is 2.71. The van der Waals surface area contributed by atoms with Gasteiger partial charge in [0.1, 0.15) is 28.8 Å². The Morgan fingerprint density at radius 2 is 2.12 bits per heavy atom. The highest BCUT2D eigenvalue weighted by atomic mass is 19.1. The number of carbonyl (C=O) groups is 1. The fourth-order valence-corrected chi connectivity index (χ4v) is 2.71. The topological polar surface area (TPSA) is 81.6 Å². The molecule has 0 saturated carbocycles. The van der Waals surface area contributed by atoms with Crippen molar-refractivity contribution in [1.29, 1.82) is 0 Å². The molecule has 2 heterocycles. The number of imidazole rings is 1. The molecule has 2 aromatic heterocycles. The summed E-state index contributed by atoms with van der Waals surface area (Å²) in [4.78, 5) is 16.5. The van der Waals surface area contributed by atoms with E-state index in [0.717, 1.165) is 12.5 Å². The summed E-state index contributed by atoms with van der Waals surface area (Å²) in [6.45, 7) is 2.39. The number of hydrogen-bond acceptors (Lipinski definition) is 4. The largest absolute Gasteiger partial charge is 0.496 e. The predicted molar refractivity (Wildman–Crippen MR) is 94.1 cm³/mol. The molecule has 0 bridgehead atoms. The molecule has 0 radical (unpaired) electrons. The quantitative estimate of drug-likeness (QED) is 0.733. The summed E-state index contributed by atoms with van der Waals surface area (Å²) >= 11 is 0. The highest BCUT2D eigenvalue weighted by molar-refractivity contribution is 5.99. The molecule has 0 aliphatic rings. The number of carbonyl (C=O) groups excluding carboxylic acids is 1. The molecule has 0 atom stereocenters. The molecule has 3 rings (SSSR count). The Morgan fingerprint density at radius 1 is 1.35 bits per heavy atom. The van der Waals surface area contributed by atoms with Crippen LogP contribution in [0.3, 0.4) is 0 Å². The number of benzene rings is 1. The average molecular weight is 360 g/mol. The van der Waals surface area contributed by atoms with Crippen LogP contribution in [0, 0.1) is 11.6 Å². The lowest BCUT2D eigenvalue weighted by Gasteiger charge is -2.11. The molecule has 136 valence electrons. The molecule has 8 heteroatoms. The number of amides is 1. The third-order valence-electron chi connectivity index (χ3n) is 3.96. The summed E-state index contributed by atoms with van der Waals surface area (Å²) in [6.07, 6.45) is 2.15. The highest BCUT2D eigenvalue weighted by Gasteiger charge is 2.22. The fraction of sp³-hybridized carbons (Fsp3) is 0.222. The molecular weight excluding hydrogens is 342 g/mol. The maximum absolute atomic E-state index is 14.6. The monoisotopic (exact) mass is 360 g/mol. The molecule has 1 aromatic carbocycles. The van der Waals surface area contributed by atoms with E-state index in [1.54, 1.807) is 0 Å². The number of nitrogens with zero attached hydrogens (tertiary/aromatic N) is 2. The lowest BCUT2D eigenvalue weighted by molar-refractivity contribution is 0.0950. The maximum Gasteiger partial charge on any atom is 0.273 e. The Bertz CT molecular complexity index is 985. The molecule has 3 N–H and O–H groups in total. The van der Waals surface area contributed by atoms with Gasteiger partial charge in [0.15, 0.2) is 5.69 Å². The number of nitrogens with two attached hydrogens (primary N) is 1. The van der Waals surface area contributed by atoms with Crippen LogP contribution in [-0.2, 0) is 0 Å². The van der Waals surface area contributed by atoms with Gasteiger partial charge < -0.3 is 15.8 Å². The molecule has 0 fully saturated rings. The predicted octanol–water partition coefficient (Wildman–Crippen LogP) is 3.01. The van der Waals surface area contributed by atoms with E-state index < -0.39 is 17.5 Å². The van der Waals surface area contributed by atoms with E-state index in [4.69, 9.17) is 10.5 Å². The maximum atomic E-state index is 14.6. The van der Waals surface area contributed by atoms with Crippen LogP contribution in [0.4, 0.5) is 14.6 Å². The Morgan fingerprint density at radius 3 is 2.81 bits per heavy atom. The van der Waals surface area contributed by atoms with Gasteiger partial charge in [-0.3, -0.25) is 9.20 Å². The number of pyridine rings is 1. The van der Waals surface area contributed by atoms with Crippen LogP contribution >= 0.6 is 0 Å². The Hall–Kier alpha value is -3.16. The van der Waals surface area contributed by atoms with Crippen molar-refractivity contribution < 1.29 is 18.3 Å². The first kappa shape index (κ1) is 17.7. The van der Waals surface area contributed by atoms with Gasteiger partial charge in [-0.2, -0.15) is 0 Å². The van der Waals surface area contributed by atoms with Crippen molar-refractivity contribution in [1.82, 2.24) is 14.7 Å². The molecular formula is C18H18F2N4O2. The van der Waals surface area contributed by atoms with Crippen LogP contribution in [0.2, 0.25) is 0 Å². The van der Waals surface area contributed by atoms with Crippen molar-refractivity contribution in [2.45, 2.75) is 13.3 Å². The van der Waals surface area contributed by atoms with Crippen molar-refractivity contribution in [3.05, 3.63) is 47.8 Å². The van der Waals surface area contributed by atoms with Gasteiger partial charge in [-0.25, -0.2) is 13.8 Å². The minimum Gasteiger partial charge on any atom is -0.496 e. The Kier molecular flexibility index (Phi) is 4.75. The van der Waals surface area contributed by atoms with Gasteiger partial charge in [0.25, 0.3) is 5.91 Å². The van der Waals surface area contributed by atoms with Crippen LogP contribution in [0.25, 0.3) is 16.8 Å². The van der Waals surface area contributed by atoms with E-state index in [1.165, 1.54) is 35.9 Å². The molecule has 0 aliphatic carbocycles. The molecule has 6 nitrogen and oxygen atoms in total. The number of fused-ring (bicyclic) bond motifs is 1. The second-order valence-corrected chi connectivity index (χ2v) is 5.68. The molecule has 0 saturated heterocycles. The van der Waals surface area contributed by atoms with Crippen LogP contribution in [0.15, 0.2) is 30.5 Å². The van der Waals surface area contributed by atoms with E-state index in [1.807, 2.05) is 6.92 Å². The lowest BCUT2D eigenvalue weighted by atomic mass is 10.1. The average Bonchev–Trinajstić information content (AvgIpc) is 2.96. The normalized spacial score (nSPS) is 10.9. The third-order valence-corrected chi connectivity index (χ3v) is 3.96. The Balaban J connectivity index is 2.24. The van der Waals surface area contributed by atoms with Crippen LogP contribution in [0.5, 0.6) is 5.75 Å². The van der Waals surface area contributed by atoms with Gasteiger partial charge in [0, 0.05) is 24.4 Å². The van der Waals surface area contributed by atoms with E-state index in [2.05, 4.69) is 10.3 Å². The summed E-state index contributed by atoms with van der Waals surface area (Å²) in [5.41, 5.74) is 6.56. The third kappa shape index (κ3) is 2.94. The minimum atomic E-state index is -0.590. The standard InChI is InChI=1S/C18H18F2N4O2/c1-3-7-22-18(25)15-16(21)24-8-6-12(20)14(17(24)23-15)11-5-4-10(19)9-13(11)26-2/h4-6,8-9H,3,7,21H2,1-2H3,(H,22,25). The van der Waals surface area contributed by atoms with Crippen molar-refractivity contribution in [2.24, 2.45) is 0 Å². The van der Waals surface area contributed by atoms with Gasteiger partial charge in [-0.15, -0.1) is 0 Å². The minimum absolute atomic E-state index is 0.00591. The first-order chi connectivity index (χ1) is 12.5. The van der Waals surface area contributed by atoms with Gasteiger partial charge in [-0.1, -0.05) is 6.92 Å². The van der Waals surface area contributed by atoms with Crippen LogP contribution in [0.1, 0.15) is 23.8 Å². The zero-order valence-electron chi connectivity index (χ0n) is 14.3. The lowest BCUT2D eigenvalue weighted by Crippen LogP contribution is -2.25. The Labute approximate surface area is 148 Å². The number of anilines is 1. The van der Waals surface area contributed by atoms with Crippen molar-refractivity contribution in [2.75, 3.05) is 19.4 Å². The van der Waals surface area contributed by atoms with Gasteiger partial charge in [0.2, 0.25) is 0 Å². The first-order valence-corrected chi connectivity index (χ1v) is 8.06. The SMILES string of the molecule is CCCNC(=O)c1nc2c(-c3ccc(F)cc3OC)c(F)ccn2c1N. The summed E-state index contributed by atoms with van der Waals surface area (Å²) in [5.74, 6) is -1.30. The smallest absolute Gasteiger partial charge is 0.273 e. The van der Waals surface area contributed by atoms with Gasteiger partial charge in [0.05, 0.1) is 12.7 Å². The molecule has 0 unspecified atom stereocenters. The van der Waals surface area contributed by atoms with E-state index in [9.17, 15) is 13.6 Å². The molecule has 0 spiro atoms. The zero-order valence-corrected chi connectivity index (χ0v) is 14.3. The number of hydrogen-bond donors (Lipinski definition) is 2. The molecule has 0 aliphatic heterocycles. The number of nitrogen functional groups attached to an aromatic ring is 1. The number of halogens is 2. The van der Waals surface area contributed by atoms with Crippen molar-refractivity contribution in [3.63, 3.8) is 0 Å². The van der Waals surface area contributed by atoms with Crippen LogP contribution in [-0.4, -0.2) is 28.9 Å². The summed E-state index contributed by atoms with van der Waals surface area (Å²) in [6, 6.07) is 4.95. The summed E-state index contributed by atoms with van der Waals surface area (Å²) in [7, 11) is 1.36. The number of rotatable bonds is 5. The van der Waals surface area contributed by atoms with Gasteiger partial charge in [-0.05, 0) is 24.6 Å². The second-order valence-electron chi connectivity index (χ2n) is 5.68. The number of nitrogens with one attached hydrogen (secondary N) is 1.